The van der Waals surface area contributed by atoms with Crippen molar-refractivity contribution in [1.29, 1.82) is 0 Å². The van der Waals surface area contributed by atoms with Crippen LogP contribution in [0.4, 0.5) is 0 Å². The van der Waals surface area contributed by atoms with E-state index in [2.05, 4.69) is 16.0 Å². The largest absolute Gasteiger partial charge is 0.508 e. The van der Waals surface area contributed by atoms with Crippen LogP contribution >= 0.6 is 0 Å². The fraction of sp³-hybridized carbons (Fsp3) is 0.333. The maximum absolute atomic E-state index is 13.0. The van der Waals surface area contributed by atoms with E-state index in [9.17, 15) is 34.5 Å². The van der Waals surface area contributed by atoms with E-state index in [0.29, 0.717) is 11.1 Å². The van der Waals surface area contributed by atoms with Crippen LogP contribution in [0, 0.1) is 0 Å². The Morgan fingerprint density at radius 2 is 1.19 bits per heavy atom. The van der Waals surface area contributed by atoms with Gasteiger partial charge in [0, 0.05) is 12.8 Å². The first-order chi connectivity index (χ1) is 17.1. The second kappa shape index (κ2) is 13.8. The first kappa shape index (κ1) is 28.2. The van der Waals surface area contributed by atoms with Gasteiger partial charge in [-0.25, -0.2) is 4.79 Å². The minimum Gasteiger partial charge on any atom is -0.508 e. The molecule has 0 spiro atoms. The van der Waals surface area contributed by atoms with Gasteiger partial charge in [0.15, 0.2) is 0 Å². The van der Waals surface area contributed by atoms with E-state index in [1.807, 2.05) is 0 Å². The molecule has 0 bridgehead atoms. The van der Waals surface area contributed by atoms with Crippen molar-refractivity contribution in [3.63, 3.8) is 0 Å². The maximum Gasteiger partial charge on any atom is 0.326 e. The quantitative estimate of drug-likeness (QED) is 0.152. The minimum atomic E-state index is -1.51. The van der Waals surface area contributed by atoms with Gasteiger partial charge in [0.1, 0.15) is 29.9 Å². The lowest BCUT2D eigenvalue weighted by atomic mass is 10.0. The maximum atomic E-state index is 13.0. The number of carboxylic acids is 1. The number of hydrogen-bond acceptors (Lipinski definition) is 8. The molecule has 0 saturated heterocycles. The molecule has 2 aromatic rings. The summed E-state index contributed by atoms with van der Waals surface area (Å²) in [7, 11) is 0. The highest BCUT2D eigenvalue weighted by atomic mass is 16.4. The van der Waals surface area contributed by atoms with Crippen molar-refractivity contribution in [3.05, 3.63) is 65.7 Å². The lowest BCUT2D eigenvalue weighted by Gasteiger charge is -2.24. The predicted octanol–water partition coefficient (Wildman–Crippen LogP) is -1.97. The SMILES string of the molecule is NC(CO)C(=O)NC(Cc1ccccc1)C(=O)NC(CO)C(=O)NC(Cc1ccc(O)cc1)C(=O)O. The summed E-state index contributed by atoms with van der Waals surface area (Å²) < 4.78 is 0. The summed E-state index contributed by atoms with van der Waals surface area (Å²) in [4.78, 5) is 49.5. The number of carbonyl (C=O) groups is 4. The van der Waals surface area contributed by atoms with Gasteiger partial charge >= 0.3 is 5.97 Å². The Morgan fingerprint density at radius 3 is 1.75 bits per heavy atom. The summed E-state index contributed by atoms with van der Waals surface area (Å²) in [5, 5.41) is 44.7. The van der Waals surface area contributed by atoms with Crippen LogP contribution in [0.2, 0.25) is 0 Å². The molecule has 3 amide bonds. The fourth-order valence-electron chi connectivity index (χ4n) is 3.23. The smallest absolute Gasteiger partial charge is 0.326 e. The third-order valence-corrected chi connectivity index (χ3v) is 5.26. The number of aliphatic hydroxyl groups excluding tert-OH is 2. The lowest BCUT2D eigenvalue weighted by Crippen LogP contribution is -2.59. The van der Waals surface area contributed by atoms with Crippen LogP contribution in [0.15, 0.2) is 54.6 Å². The molecule has 0 aliphatic heterocycles. The summed E-state index contributed by atoms with van der Waals surface area (Å²) in [5.41, 5.74) is 6.73. The monoisotopic (exact) mass is 502 g/mol. The van der Waals surface area contributed by atoms with Crippen molar-refractivity contribution in [2.45, 2.75) is 37.0 Å². The number of aromatic hydroxyl groups is 1. The van der Waals surface area contributed by atoms with Crippen LogP contribution in [0.3, 0.4) is 0 Å². The van der Waals surface area contributed by atoms with Gasteiger partial charge in [-0.05, 0) is 23.3 Å². The molecule has 0 aromatic heterocycles. The molecule has 0 aliphatic rings. The predicted molar refractivity (Wildman–Crippen MR) is 128 cm³/mol. The number of amides is 3. The lowest BCUT2D eigenvalue weighted by molar-refractivity contribution is -0.142. The molecule has 12 heteroatoms. The van der Waals surface area contributed by atoms with Gasteiger partial charge in [0.25, 0.3) is 0 Å². The fourth-order valence-corrected chi connectivity index (χ4v) is 3.23. The Labute approximate surface area is 207 Å². The second-order valence-corrected chi connectivity index (χ2v) is 8.05. The van der Waals surface area contributed by atoms with Gasteiger partial charge < -0.3 is 42.1 Å². The van der Waals surface area contributed by atoms with E-state index in [-0.39, 0.29) is 18.6 Å². The Balaban J connectivity index is 2.11. The summed E-state index contributed by atoms with van der Waals surface area (Å²) in [6.07, 6.45) is -0.0892. The first-order valence-corrected chi connectivity index (χ1v) is 11.1. The number of rotatable bonds is 13. The number of nitrogens with one attached hydrogen (secondary N) is 3. The molecule has 0 aliphatic carbocycles. The third kappa shape index (κ3) is 8.65. The van der Waals surface area contributed by atoms with Gasteiger partial charge in [0.2, 0.25) is 17.7 Å². The zero-order valence-electron chi connectivity index (χ0n) is 19.3. The van der Waals surface area contributed by atoms with Crippen molar-refractivity contribution in [1.82, 2.24) is 16.0 Å². The number of benzene rings is 2. The van der Waals surface area contributed by atoms with E-state index < -0.39 is 61.1 Å². The van der Waals surface area contributed by atoms with Crippen LogP contribution in [-0.2, 0) is 32.0 Å². The number of phenols is 1. The van der Waals surface area contributed by atoms with E-state index >= 15 is 0 Å². The zero-order chi connectivity index (χ0) is 26.7. The van der Waals surface area contributed by atoms with Crippen molar-refractivity contribution in [2.75, 3.05) is 13.2 Å². The summed E-state index contributed by atoms with van der Waals surface area (Å²) >= 11 is 0. The van der Waals surface area contributed by atoms with Crippen LogP contribution < -0.4 is 21.7 Å². The average molecular weight is 503 g/mol. The molecule has 0 saturated carbocycles. The topological polar surface area (TPSA) is 211 Å². The van der Waals surface area contributed by atoms with Crippen LogP contribution in [0.5, 0.6) is 5.75 Å². The van der Waals surface area contributed by atoms with Gasteiger partial charge in [-0.2, -0.15) is 0 Å². The number of nitrogens with two attached hydrogens (primary N) is 1. The summed E-state index contributed by atoms with van der Waals surface area (Å²) in [5.74, 6) is -3.91. The molecule has 4 atom stereocenters. The number of phenolic OH excluding ortho intramolecular Hbond substituents is 1. The molecule has 12 nitrogen and oxygen atoms in total. The Bertz CT molecular complexity index is 1030. The Hall–Kier alpha value is -4.00. The first-order valence-electron chi connectivity index (χ1n) is 11.1. The highest BCUT2D eigenvalue weighted by Gasteiger charge is 2.30. The number of hydrogen-bond donors (Lipinski definition) is 8. The molecule has 2 rings (SSSR count). The molecule has 0 heterocycles. The van der Waals surface area contributed by atoms with Gasteiger partial charge in [0.05, 0.1) is 13.2 Å². The normalized spacial score (nSPS) is 14.1. The highest BCUT2D eigenvalue weighted by molar-refractivity contribution is 5.94. The van der Waals surface area contributed by atoms with E-state index in [1.54, 1.807) is 30.3 Å². The van der Waals surface area contributed by atoms with Crippen molar-refractivity contribution < 1.29 is 39.6 Å². The van der Waals surface area contributed by atoms with Crippen LogP contribution in [0.1, 0.15) is 11.1 Å². The standard InChI is InChI=1S/C24H30N4O8/c25-17(12-29)21(32)26-18(10-14-4-2-1-3-5-14)22(33)28-20(13-30)23(34)27-19(24(35)36)11-15-6-8-16(31)9-7-15/h1-9,17-20,29-31H,10-13,25H2,(H,26,32)(H,27,34)(H,28,33)(H,35,36). The van der Waals surface area contributed by atoms with Crippen molar-refractivity contribution in [2.24, 2.45) is 5.73 Å². The van der Waals surface area contributed by atoms with E-state index in [4.69, 9.17) is 10.8 Å². The van der Waals surface area contributed by atoms with E-state index in [0.717, 1.165) is 0 Å². The molecule has 36 heavy (non-hydrogen) atoms. The Morgan fingerprint density at radius 1 is 0.694 bits per heavy atom. The number of carbonyl (C=O) groups excluding carboxylic acids is 3. The van der Waals surface area contributed by atoms with E-state index in [1.165, 1.54) is 24.3 Å². The minimum absolute atomic E-state index is 0.00481. The summed E-state index contributed by atoms with van der Waals surface area (Å²) in [6, 6.07) is 9.03. The molecule has 9 N–H and O–H groups in total. The number of aliphatic hydroxyl groups is 2. The van der Waals surface area contributed by atoms with Gasteiger partial charge in [-0.3, -0.25) is 14.4 Å². The van der Waals surface area contributed by atoms with Crippen molar-refractivity contribution in [3.8, 4) is 5.75 Å². The molecular formula is C24H30N4O8. The van der Waals surface area contributed by atoms with Crippen molar-refractivity contribution >= 4 is 23.7 Å². The molecule has 0 fully saturated rings. The molecule has 4 unspecified atom stereocenters. The van der Waals surface area contributed by atoms with Gasteiger partial charge in [-0.1, -0.05) is 42.5 Å². The average Bonchev–Trinajstić information content (AvgIpc) is 2.87. The van der Waals surface area contributed by atoms with Gasteiger partial charge in [-0.15, -0.1) is 0 Å². The number of carboxylic acid groups (broad SMARTS) is 1. The number of aliphatic carboxylic acids is 1. The Kier molecular flexibility index (Phi) is 10.8. The summed E-state index contributed by atoms with van der Waals surface area (Å²) in [6.45, 7) is -1.49. The van der Waals surface area contributed by atoms with Crippen LogP contribution in [0.25, 0.3) is 0 Å². The molecule has 0 radical (unpaired) electrons. The molecule has 2 aromatic carbocycles. The molecule has 194 valence electrons. The zero-order valence-corrected chi connectivity index (χ0v) is 19.3. The second-order valence-electron chi connectivity index (χ2n) is 8.05. The highest BCUT2D eigenvalue weighted by Crippen LogP contribution is 2.12. The van der Waals surface area contributed by atoms with Crippen LogP contribution in [-0.4, -0.2) is 81.5 Å². The third-order valence-electron chi connectivity index (χ3n) is 5.26. The molecular weight excluding hydrogens is 472 g/mol.